The van der Waals surface area contributed by atoms with E-state index >= 15 is 0 Å². The molecule has 1 rings (SSSR count). The molecule has 2 N–H and O–H groups in total. The smallest absolute Gasteiger partial charge is 0.332 e. The van der Waals surface area contributed by atoms with Gasteiger partial charge in [0.05, 0.1) is 4.92 Å². The molecular weight excluding hydrogens is 202 g/mol. The van der Waals surface area contributed by atoms with Gasteiger partial charge >= 0.3 is 5.97 Å². The minimum Gasteiger partial charge on any atom is -0.479 e. The van der Waals surface area contributed by atoms with Crippen molar-refractivity contribution < 1.29 is 19.9 Å². The average Bonchev–Trinajstić information content (AvgIpc) is 2.18. The predicted octanol–water partition coefficient (Wildman–Crippen LogP) is 0.583. The van der Waals surface area contributed by atoms with Crippen LogP contribution in [0.3, 0.4) is 0 Å². The zero-order valence-corrected chi connectivity index (χ0v) is 7.66. The summed E-state index contributed by atoms with van der Waals surface area (Å²) in [6.45, 7) is 0. The molecule has 1 atom stereocenters. The van der Waals surface area contributed by atoms with Crippen molar-refractivity contribution in [1.82, 2.24) is 0 Å². The highest BCUT2D eigenvalue weighted by atomic mass is 16.6. The summed E-state index contributed by atoms with van der Waals surface area (Å²) in [6, 6.07) is 5.52. The molecule has 0 saturated heterocycles. The second kappa shape index (κ2) is 4.52. The largest absolute Gasteiger partial charge is 0.479 e. The van der Waals surface area contributed by atoms with Crippen molar-refractivity contribution in [3.05, 3.63) is 39.9 Å². The summed E-state index contributed by atoms with van der Waals surface area (Å²) in [6.07, 6.45) is -1.68. The van der Waals surface area contributed by atoms with Crippen LogP contribution in [-0.4, -0.2) is 27.2 Å². The number of nitrogens with zero attached hydrogens (tertiary/aromatic N) is 1. The Labute approximate surface area is 84.9 Å². The molecule has 0 aromatic heterocycles. The van der Waals surface area contributed by atoms with Crippen molar-refractivity contribution in [1.29, 1.82) is 0 Å². The molecule has 0 saturated carbocycles. The lowest BCUT2D eigenvalue weighted by molar-refractivity contribution is -0.384. The van der Waals surface area contributed by atoms with E-state index < -0.39 is 17.0 Å². The number of hydrogen-bond acceptors (Lipinski definition) is 4. The normalized spacial score (nSPS) is 12.1. The number of carboxylic acids is 1. The third-order valence-electron chi connectivity index (χ3n) is 1.84. The van der Waals surface area contributed by atoms with Gasteiger partial charge in [-0.3, -0.25) is 10.1 Å². The molecule has 0 aliphatic heterocycles. The maximum atomic E-state index is 10.4. The monoisotopic (exact) mass is 211 g/mol. The van der Waals surface area contributed by atoms with Crippen LogP contribution < -0.4 is 0 Å². The Kier molecular flexibility index (Phi) is 3.35. The zero-order chi connectivity index (χ0) is 11.4. The summed E-state index contributed by atoms with van der Waals surface area (Å²) in [4.78, 5) is 20.2. The van der Waals surface area contributed by atoms with Crippen molar-refractivity contribution in [2.24, 2.45) is 0 Å². The average molecular weight is 211 g/mol. The van der Waals surface area contributed by atoms with Gasteiger partial charge in [-0.2, -0.15) is 0 Å². The highest BCUT2D eigenvalue weighted by molar-refractivity contribution is 5.72. The Morgan fingerprint density at radius 1 is 1.53 bits per heavy atom. The lowest BCUT2D eigenvalue weighted by atomic mass is 10.1. The van der Waals surface area contributed by atoms with Crippen LogP contribution in [0.25, 0.3) is 0 Å². The second-order valence-electron chi connectivity index (χ2n) is 2.99. The van der Waals surface area contributed by atoms with E-state index in [1.165, 1.54) is 24.3 Å². The SMILES string of the molecule is O=C(O)C(O)Cc1cccc([N+](=O)[O-])c1. The van der Waals surface area contributed by atoms with Gasteiger partial charge < -0.3 is 10.2 Å². The number of nitro groups is 1. The minimum atomic E-state index is -1.54. The van der Waals surface area contributed by atoms with Crippen molar-refractivity contribution in [2.45, 2.75) is 12.5 Å². The van der Waals surface area contributed by atoms with Gasteiger partial charge in [0.2, 0.25) is 0 Å². The zero-order valence-electron chi connectivity index (χ0n) is 7.66. The minimum absolute atomic E-state index is 0.120. The number of rotatable bonds is 4. The first-order valence-electron chi connectivity index (χ1n) is 4.15. The first kappa shape index (κ1) is 11.1. The number of aliphatic hydroxyl groups is 1. The van der Waals surface area contributed by atoms with Crippen LogP contribution in [0.1, 0.15) is 5.56 Å². The number of non-ortho nitro benzene ring substituents is 1. The Morgan fingerprint density at radius 3 is 2.73 bits per heavy atom. The van der Waals surface area contributed by atoms with E-state index in [-0.39, 0.29) is 12.1 Å². The molecule has 0 radical (unpaired) electrons. The van der Waals surface area contributed by atoms with Crippen molar-refractivity contribution in [3.63, 3.8) is 0 Å². The molecule has 0 amide bonds. The highest BCUT2D eigenvalue weighted by Crippen LogP contribution is 2.14. The molecule has 15 heavy (non-hydrogen) atoms. The van der Waals surface area contributed by atoms with E-state index in [1.807, 2.05) is 0 Å². The molecule has 6 nitrogen and oxygen atoms in total. The van der Waals surface area contributed by atoms with Crippen LogP contribution >= 0.6 is 0 Å². The fraction of sp³-hybridized carbons (Fsp3) is 0.222. The van der Waals surface area contributed by atoms with E-state index in [4.69, 9.17) is 10.2 Å². The maximum absolute atomic E-state index is 10.4. The lowest BCUT2D eigenvalue weighted by Gasteiger charge is -2.04. The van der Waals surface area contributed by atoms with E-state index in [1.54, 1.807) is 0 Å². The van der Waals surface area contributed by atoms with Crippen LogP contribution in [0, 0.1) is 10.1 Å². The topological polar surface area (TPSA) is 101 Å². The summed E-state index contributed by atoms with van der Waals surface area (Å²) in [5.74, 6) is -1.35. The Balaban J connectivity index is 2.82. The van der Waals surface area contributed by atoms with E-state index in [2.05, 4.69) is 0 Å². The third kappa shape index (κ3) is 3.03. The van der Waals surface area contributed by atoms with Gasteiger partial charge in [0.25, 0.3) is 5.69 Å². The predicted molar refractivity (Wildman–Crippen MR) is 50.4 cm³/mol. The van der Waals surface area contributed by atoms with Crippen LogP contribution in [-0.2, 0) is 11.2 Å². The standard InChI is InChI=1S/C9H9NO5/c11-8(9(12)13)5-6-2-1-3-7(4-6)10(14)15/h1-4,8,11H,5H2,(H,12,13). The quantitative estimate of drug-likeness (QED) is 0.560. The number of hydrogen-bond donors (Lipinski definition) is 2. The van der Waals surface area contributed by atoms with Crippen LogP contribution in [0.4, 0.5) is 5.69 Å². The Bertz CT molecular complexity index is 390. The van der Waals surface area contributed by atoms with Crippen molar-refractivity contribution in [3.8, 4) is 0 Å². The first-order chi connectivity index (χ1) is 7.00. The summed E-state index contributed by atoms with van der Waals surface area (Å²) < 4.78 is 0. The first-order valence-corrected chi connectivity index (χ1v) is 4.15. The van der Waals surface area contributed by atoms with Gasteiger partial charge in [-0.25, -0.2) is 4.79 Å². The fourth-order valence-corrected chi connectivity index (χ4v) is 1.11. The molecule has 1 unspecified atom stereocenters. The second-order valence-corrected chi connectivity index (χ2v) is 2.99. The molecule has 1 aromatic carbocycles. The van der Waals surface area contributed by atoms with Gasteiger partial charge in [-0.1, -0.05) is 12.1 Å². The van der Waals surface area contributed by atoms with Gasteiger partial charge in [-0.05, 0) is 5.56 Å². The molecule has 6 heteroatoms. The number of aliphatic hydroxyl groups excluding tert-OH is 1. The van der Waals surface area contributed by atoms with Gasteiger partial charge in [0, 0.05) is 18.6 Å². The molecule has 1 aromatic rings. The van der Waals surface area contributed by atoms with E-state index in [0.29, 0.717) is 5.56 Å². The van der Waals surface area contributed by atoms with Crippen LogP contribution in [0.2, 0.25) is 0 Å². The van der Waals surface area contributed by atoms with Crippen molar-refractivity contribution in [2.75, 3.05) is 0 Å². The summed E-state index contributed by atoms with van der Waals surface area (Å²) in [5, 5.41) is 27.9. The third-order valence-corrected chi connectivity index (χ3v) is 1.84. The van der Waals surface area contributed by atoms with Gasteiger partial charge in [0.15, 0.2) is 6.10 Å². The van der Waals surface area contributed by atoms with Crippen LogP contribution in [0.5, 0.6) is 0 Å². The number of carboxylic acid groups (broad SMARTS) is 1. The molecule has 0 fully saturated rings. The van der Waals surface area contributed by atoms with Crippen LogP contribution in [0.15, 0.2) is 24.3 Å². The van der Waals surface area contributed by atoms with Crippen molar-refractivity contribution >= 4 is 11.7 Å². The number of nitro benzene ring substituents is 1. The molecule has 0 aliphatic rings. The number of carbonyl (C=O) groups is 1. The summed E-state index contributed by atoms with van der Waals surface area (Å²) >= 11 is 0. The molecule has 0 spiro atoms. The lowest BCUT2D eigenvalue weighted by Crippen LogP contribution is -2.21. The maximum Gasteiger partial charge on any atom is 0.332 e. The molecule has 0 aliphatic carbocycles. The molecule has 80 valence electrons. The van der Waals surface area contributed by atoms with Gasteiger partial charge in [0.1, 0.15) is 0 Å². The number of aliphatic carboxylic acids is 1. The van der Waals surface area contributed by atoms with Gasteiger partial charge in [-0.15, -0.1) is 0 Å². The Morgan fingerprint density at radius 2 is 2.20 bits per heavy atom. The molecule has 0 heterocycles. The number of benzene rings is 1. The highest BCUT2D eigenvalue weighted by Gasteiger charge is 2.15. The Hall–Kier alpha value is -1.95. The molecule has 0 bridgehead atoms. The summed E-state index contributed by atoms with van der Waals surface area (Å²) in [5.41, 5.74) is 0.296. The van der Waals surface area contributed by atoms with E-state index in [9.17, 15) is 14.9 Å². The summed E-state index contributed by atoms with van der Waals surface area (Å²) in [7, 11) is 0. The van der Waals surface area contributed by atoms with E-state index in [0.717, 1.165) is 0 Å². The molecular formula is C9H9NO5. The fourth-order valence-electron chi connectivity index (χ4n) is 1.11.